The largest absolute Gasteiger partial charge is 0.463 e. The van der Waals surface area contributed by atoms with Crippen molar-refractivity contribution in [3.63, 3.8) is 0 Å². The number of nitrogens with zero attached hydrogens (tertiary/aromatic N) is 3. The Morgan fingerprint density at radius 2 is 2.03 bits per heavy atom. The number of aliphatic hydroxyl groups excluding tert-OH is 1. The summed E-state index contributed by atoms with van der Waals surface area (Å²) in [6.07, 6.45) is 4.54. The zero-order chi connectivity index (χ0) is 23.8. The molecule has 1 fully saturated rings. The lowest BCUT2D eigenvalue weighted by Gasteiger charge is -2.20. The molecule has 1 saturated heterocycles. The summed E-state index contributed by atoms with van der Waals surface area (Å²) in [5.74, 6) is 0.982. The van der Waals surface area contributed by atoms with Crippen LogP contribution >= 0.6 is 0 Å². The van der Waals surface area contributed by atoms with Crippen LogP contribution in [0.2, 0.25) is 0 Å². The first-order valence-corrected chi connectivity index (χ1v) is 12.0. The van der Waals surface area contributed by atoms with Crippen LogP contribution in [-0.4, -0.2) is 51.7 Å². The van der Waals surface area contributed by atoms with Gasteiger partial charge in [0, 0.05) is 30.4 Å². The Balaban J connectivity index is 1.43. The third-order valence-electron chi connectivity index (χ3n) is 6.21. The van der Waals surface area contributed by atoms with Crippen LogP contribution in [-0.2, 0) is 13.0 Å². The van der Waals surface area contributed by atoms with Crippen molar-refractivity contribution in [1.29, 1.82) is 0 Å². The van der Waals surface area contributed by atoms with Gasteiger partial charge in [-0.25, -0.2) is 14.4 Å². The molecular weight excluding hydrogens is 429 g/mol. The maximum Gasteiger partial charge on any atom is 0.338 e. The molecule has 34 heavy (non-hydrogen) atoms. The Bertz CT molecular complexity index is 1130. The van der Waals surface area contributed by atoms with Crippen LogP contribution in [0, 0.1) is 11.7 Å². The molecule has 1 atom stereocenters. The average Bonchev–Trinajstić information content (AvgIpc) is 2.88. The van der Waals surface area contributed by atoms with E-state index in [1.165, 1.54) is 6.07 Å². The maximum absolute atomic E-state index is 13.4. The molecule has 6 nitrogen and oxygen atoms in total. The standard InChI is InChI=1S/C27H32FN5O/c1-2-33(26(34)23-9-5-13-29-18-23)19-21-7-3-8-22(16-21)25-12-15-31-27(32-25)30-14-11-20-6-4-10-24(28)17-20/h3-4,6-8,10,12,15-17,23,29H,2,5,9,11,13-14,18-19H2,1H3,(H,30,31,32)/p+1. The molecule has 1 aromatic heterocycles. The van der Waals surface area contributed by atoms with Gasteiger partial charge in [-0.15, -0.1) is 0 Å². The predicted molar refractivity (Wildman–Crippen MR) is 134 cm³/mol. The molecule has 4 rings (SSSR count). The topological polar surface area (TPSA) is 73.1 Å². The van der Waals surface area contributed by atoms with Crippen LogP contribution in [0.1, 0.15) is 30.9 Å². The number of aromatic nitrogens is 2. The van der Waals surface area contributed by atoms with E-state index in [4.69, 9.17) is 0 Å². The van der Waals surface area contributed by atoms with Crippen molar-refractivity contribution in [2.24, 2.45) is 5.92 Å². The highest BCUT2D eigenvalue weighted by molar-refractivity contribution is 5.72. The molecule has 3 aromatic rings. The van der Waals surface area contributed by atoms with Gasteiger partial charge in [-0.2, -0.15) is 4.58 Å². The molecule has 1 aliphatic heterocycles. The van der Waals surface area contributed by atoms with Crippen molar-refractivity contribution in [2.45, 2.75) is 32.7 Å². The highest BCUT2D eigenvalue weighted by Crippen LogP contribution is 2.20. The molecule has 178 valence electrons. The van der Waals surface area contributed by atoms with Crippen LogP contribution in [0.5, 0.6) is 0 Å². The van der Waals surface area contributed by atoms with Crippen LogP contribution < -0.4 is 10.6 Å². The Hall–Kier alpha value is -3.32. The lowest BCUT2D eigenvalue weighted by atomic mass is 9.99. The van der Waals surface area contributed by atoms with Crippen molar-refractivity contribution in [2.75, 3.05) is 31.5 Å². The Morgan fingerprint density at radius 1 is 1.18 bits per heavy atom. The van der Waals surface area contributed by atoms with Gasteiger partial charge in [-0.3, -0.25) is 0 Å². The monoisotopic (exact) mass is 462 g/mol. The quantitative estimate of drug-likeness (QED) is 0.249. The number of hydrogen-bond acceptors (Lipinski definition) is 4. The lowest BCUT2D eigenvalue weighted by molar-refractivity contribution is -0.550. The van der Waals surface area contributed by atoms with E-state index in [9.17, 15) is 9.50 Å². The second kappa shape index (κ2) is 11.7. The first-order chi connectivity index (χ1) is 16.6. The number of rotatable bonds is 9. The van der Waals surface area contributed by atoms with Crippen molar-refractivity contribution in [3.8, 4) is 11.3 Å². The number of nitrogens with one attached hydrogen (secondary N) is 2. The summed E-state index contributed by atoms with van der Waals surface area (Å²) in [6.45, 7) is 5.94. The number of hydrogen-bond donors (Lipinski definition) is 3. The van der Waals surface area contributed by atoms with Gasteiger partial charge in [-0.05, 0) is 62.6 Å². The normalized spacial score (nSPS) is 16.7. The van der Waals surface area contributed by atoms with E-state index >= 15 is 0 Å². The first-order valence-electron chi connectivity index (χ1n) is 12.0. The summed E-state index contributed by atoms with van der Waals surface area (Å²) in [5, 5.41) is 17.5. The Labute approximate surface area is 200 Å². The van der Waals surface area contributed by atoms with Crippen LogP contribution in [0.3, 0.4) is 0 Å². The van der Waals surface area contributed by atoms with E-state index in [-0.39, 0.29) is 11.7 Å². The lowest BCUT2D eigenvalue weighted by Crippen LogP contribution is -2.38. The smallest absolute Gasteiger partial charge is 0.338 e. The molecule has 1 aliphatic rings. The molecule has 7 heteroatoms. The maximum atomic E-state index is 13.4. The molecular formula is C27H33FN5O+. The minimum Gasteiger partial charge on any atom is -0.463 e. The van der Waals surface area contributed by atoms with E-state index in [1.54, 1.807) is 18.3 Å². The summed E-state index contributed by atoms with van der Waals surface area (Å²) < 4.78 is 15.4. The molecule has 0 bridgehead atoms. The molecule has 2 heterocycles. The van der Waals surface area contributed by atoms with Gasteiger partial charge in [0.05, 0.1) is 11.6 Å². The zero-order valence-electron chi connectivity index (χ0n) is 19.7. The van der Waals surface area contributed by atoms with E-state index in [0.29, 0.717) is 31.4 Å². The fourth-order valence-electron chi connectivity index (χ4n) is 4.35. The Kier molecular flexibility index (Phi) is 8.20. The summed E-state index contributed by atoms with van der Waals surface area (Å²) in [4.78, 5) is 8.99. The highest BCUT2D eigenvalue weighted by atomic mass is 19.1. The van der Waals surface area contributed by atoms with Crippen LogP contribution in [0.4, 0.5) is 10.3 Å². The summed E-state index contributed by atoms with van der Waals surface area (Å²) >= 11 is 0. The van der Waals surface area contributed by atoms with Crippen molar-refractivity contribution < 1.29 is 14.1 Å². The second-order valence-electron chi connectivity index (χ2n) is 8.69. The van der Waals surface area contributed by atoms with Crippen LogP contribution in [0.15, 0.2) is 60.8 Å². The van der Waals surface area contributed by atoms with Gasteiger partial charge in [0.15, 0.2) is 6.54 Å². The van der Waals surface area contributed by atoms with E-state index in [1.807, 2.05) is 24.3 Å². The number of aliphatic hydroxyl groups is 1. The molecule has 3 N–H and O–H groups in total. The second-order valence-corrected chi connectivity index (χ2v) is 8.69. The van der Waals surface area contributed by atoms with Crippen LogP contribution in [0.25, 0.3) is 11.3 Å². The van der Waals surface area contributed by atoms with E-state index in [2.05, 4.69) is 44.2 Å². The average molecular weight is 463 g/mol. The van der Waals surface area contributed by atoms with E-state index < -0.39 is 0 Å². The number of anilines is 1. The van der Waals surface area contributed by atoms with Gasteiger partial charge in [0.25, 0.3) is 0 Å². The summed E-state index contributed by atoms with van der Waals surface area (Å²) in [5.41, 5.74) is 3.88. The molecule has 0 aliphatic carbocycles. The molecule has 0 radical (unpaired) electrons. The molecule has 0 spiro atoms. The van der Waals surface area contributed by atoms with Crippen molar-refractivity contribution in [1.82, 2.24) is 15.3 Å². The van der Waals surface area contributed by atoms with Gasteiger partial charge >= 0.3 is 5.90 Å². The summed E-state index contributed by atoms with van der Waals surface area (Å²) in [7, 11) is 0. The third-order valence-corrected chi connectivity index (χ3v) is 6.21. The third kappa shape index (κ3) is 6.38. The van der Waals surface area contributed by atoms with Crippen molar-refractivity contribution >= 4 is 11.8 Å². The fourth-order valence-corrected chi connectivity index (χ4v) is 4.35. The molecule has 0 saturated carbocycles. The van der Waals surface area contributed by atoms with E-state index in [0.717, 1.165) is 54.9 Å². The zero-order valence-corrected chi connectivity index (χ0v) is 19.7. The molecule has 2 aromatic carbocycles. The van der Waals surface area contributed by atoms with Gasteiger partial charge < -0.3 is 15.7 Å². The van der Waals surface area contributed by atoms with Gasteiger partial charge in [0.2, 0.25) is 5.95 Å². The number of halogens is 1. The Morgan fingerprint density at radius 3 is 2.82 bits per heavy atom. The first kappa shape index (κ1) is 23.8. The number of benzene rings is 2. The summed E-state index contributed by atoms with van der Waals surface area (Å²) in [6, 6.07) is 16.8. The SMILES string of the molecule is CC[N+](Cc1cccc(-c2ccnc(NCCc3cccc(F)c3)n2)c1)=C(O)C1CCCNC1. The fraction of sp³-hybridized carbons (Fsp3) is 0.370. The van der Waals surface area contributed by atoms with Gasteiger partial charge in [-0.1, -0.05) is 30.3 Å². The predicted octanol–water partition coefficient (Wildman–Crippen LogP) is 4.43. The minimum absolute atomic E-state index is 0.180. The molecule has 1 unspecified atom stereocenters. The minimum atomic E-state index is -0.224. The van der Waals surface area contributed by atoms with Gasteiger partial charge in [0.1, 0.15) is 12.4 Å². The van der Waals surface area contributed by atoms with Crippen molar-refractivity contribution in [3.05, 3.63) is 77.7 Å². The number of piperidine rings is 1. The molecule has 0 amide bonds. The highest BCUT2D eigenvalue weighted by Gasteiger charge is 2.26.